The van der Waals surface area contributed by atoms with E-state index in [1.165, 1.54) is 12.1 Å². The minimum atomic E-state index is -0.421. The third kappa shape index (κ3) is 5.10. The number of hydrogen-bond acceptors (Lipinski definition) is 6. The molecule has 8 heteroatoms. The minimum Gasteiger partial charge on any atom is -0.484 e. The predicted molar refractivity (Wildman–Crippen MR) is 108 cm³/mol. The summed E-state index contributed by atoms with van der Waals surface area (Å²) in [5.41, 5.74) is 1.60. The number of nitro groups is 1. The second kappa shape index (κ2) is 9.18. The highest BCUT2D eigenvalue weighted by molar-refractivity contribution is 5.95. The van der Waals surface area contributed by atoms with Gasteiger partial charge in [0, 0.05) is 56.0 Å². The fourth-order valence-corrected chi connectivity index (χ4v) is 3.18. The van der Waals surface area contributed by atoms with E-state index < -0.39 is 4.92 Å². The van der Waals surface area contributed by atoms with Crippen LogP contribution in [0.1, 0.15) is 23.7 Å². The van der Waals surface area contributed by atoms with Crippen LogP contribution in [0.15, 0.2) is 48.5 Å². The van der Waals surface area contributed by atoms with Gasteiger partial charge in [-0.2, -0.15) is 0 Å². The van der Waals surface area contributed by atoms with E-state index in [2.05, 4.69) is 4.90 Å². The molecule has 0 aliphatic carbocycles. The summed E-state index contributed by atoms with van der Waals surface area (Å²) in [5.74, 6) is 0.524. The van der Waals surface area contributed by atoms with Crippen LogP contribution in [0.5, 0.6) is 5.75 Å². The lowest BCUT2D eigenvalue weighted by atomic mass is 10.1. The van der Waals surface area contributed by atoms with Crippen LogP contribution in [0.3, 0.4) is 0 Å². The number of ketones is 1. The van der Waals surface area contributed by atoms with E-state index in [4.69, 9.17) is 4.74 Å². The molecule has 0 saturated carbocycles. The summed E-state index contributed by atoms with van der Waals surface area (Å²) in [4.78, 5) is 38.2. The summed E-state index contributed by atoms with van der Waals surface area (Å²) in [6.07, 6.45) is 0.449. The molecule has 0 radical (unpaired) electrons. The van der Waals surface area contributed by atoms with Crippen molar-refractivity contribution in [2.45, 2.75) is 13.3 Å². The number of Topliss-reactive ketones (excluding diaryl/α,β-unsaturated/α-hetero) is 1. The van der Waals surface area contributed by atoms with E-state index in [1.807, 2.05) is 6.92 Å². The number of non-ortho nitro benzene ring substituents is 1. The first-order chi connectivity index (χ1) is 14.0. The minimum absolute atomic E-state index is 0.0569. The van der Waals surface area contributed by atoms with Gasteiger partial charge >= 0.3 is 0 Å². The van der Waals surface area contributed by atoms with Gasteiger partial charge in [0.1, 0.15) is 5.75 Å². The van der Waals surface area contributed by atoms with Crippen molar-refractivity contribution in [3.8, 4) is 5.75 Å². The van der Waals surface area contributed by atoms with Crippen LogP contribution in [0.2, 0.25) is 0 Å². The third-order valence-electron chi connectivity index (χ3n) is 4.92. The molecule has 29 heavy (non-hydrogen) atoms. The van der Waals surface area contributed by atoms with Crippen molar-refractivity contribution in [1.82, 2.24) is 4.90 Å². The summed E-state index contributed by atoms with van der Waals surface area (Å²) in [7, 11) is 0. The first kappa shape index (κ1) is 20.3. The molecule has 3 rings (SSSR count). The monoisotopic (exact) mass is 397 g/mol. The molecule has 1 fully saturated rings. The molecule has 1 heterocycles. The lowest BCUT2D eigenvalue weighted by Gasteiger charge is -2.36. The quantitative estimate of drug-likeness (QED) is 0.405. The fourth-order valence-electron chi connectivity index (χ4n) is 3.18. The molecular formula is C21H23N3O5. The van der Waals surface area contributed by atoms with E-state index in [0.717, 1.165) is 5.69 Å². The van der Waals surface area contributed by atoms with Crippen molar-refractivity contribution in [3.63, 3.8) is 0 Å². The van der Waals surface area contributed by atoms with Gasteiger partial charge < -0.3 is 14.5 Å². The number of anilines is 1. The van der Waals surface area contributed by atoms with Crippen molar-refractivity contribution >= 4 is 23.1 Å². The average Bonchev–Trinajstić information content (AvgIpc) is 2.77. The van der Waals surface area contributed by atoms with Crippen LogP contribution in [0.4, 0.5) is 11.4 Å². The van der Waals surface area contributed by atoms with E-state index >= 15 is 0 Å². The Hall–Kier alpha value is -3.42. The molecule has 0 bridgehead atoms. The lowest BCUT2D eigenvalue weighted by molar-refractivity contribution is -0.384. The molecule has 2 aromatic rings. The zero-order valence-electron chi connectivity index (χ0n) is 16.2. The number of nitrogens with zero attached hydrogens (tertiary/aromatic N) is 3. The molecule has 0 spiro atoms. The molecule has 0 atom stereocenters. The van der Waals surface area contributed by atoms with Gasteiger partial charge in [0.15, 0.2) is 12.4 Å². The van der Waals surface area contributed by atoms with Crippen molar-refractivity contribution in [2.75, 3.05) is 37.7 Å². The van der Waals surface area contributed by atoms with Crippen LogP contribution in [0.25, 0.3) is 0 Å². The van der Waals surface area contributed by atoms with E-state index in [1.54, 1.807) is 41.3 Å². The van der Waals surface area contributed by atoms with Gasteiger partial charge in [-0.1, -0.05) is 6.92 Å². The van der Waals surface area contributed by atoms with Crippen molar-refractivity contribution in [3.05, 3.63) is 64.2 Å². The highest BCUT2D eigenvalue weighted by atomic mass is 16.6. The van der Waals surface area contributed by atoms with E-state index in [0.29, 0.717) is 43.9 Å². The maximum Gasteiger partial charge on any atom is 0.269 e. The zero-order valence-corrected chi connectivity index (χ0v) is 16.2. The van der Waals surface area contributed by atoms with Gasteiger partial charge in [-0.3, -0.25) is 19.7 Å². The lowest BCUT2D eigenvalue weighted by Crippen LogP contribution is -2.50. The average molecular weight is 397 g/mol. The number of nitro benzene ring substituents is 1. The van der Waals surface area contributed by atoms with Crippen LogP contribution in [0, 0.1) is 10.1 Å². The van der Waals surface area contributed by atoms with Crippen LogP contribution >= 0.6 is 0 Å². The number of carbonyl (C=O) groups is 2. The first-order valence-corrected chi connectivity index (χ1v) is 9.51. The van der Waals surface area contributed by atoms with Gasteiger partial charge in [0.05, 0.1) is 4.92 Å². The number of benzene rings is 2. The molecular weight excluding hydrogens is 374 g/mol. The van der Waals surface area contributed by atoms with E-state index in [9.17, 15) is 19.7 Å². The number of piperazine rings is 1. The summed E-state index contributed by atoms with van der Waals surface area (Å²) in [6, 6.07) is 13.2. The Morgan fingerprint density at radius 1 is 1.00 bits per heavy atom. The van der Waals surface area contributed by atoms with Crippen LogP contribution in [-0.2, 0) is 4.79 Å². The van der Waals surface area contributed by atoms with Crippen molar-refractivity contribution in [1.29, 1.82) is 0 Å². The Balaban J connectivity index is 1.47. The maximum absolute atomic E-state index is 12.4. The molecule has 0 unspecified atom stereocenters. The summed E-state index contributed by atoms with van der Waals surface area (Å²) >= 11 is 0. The van der Waals surface area contributed by atoms with E-state index in [-0.39, 0.29) is 24.0 Å². The number of carbonyl (C=O) groups excluding carboxylic acids is 2. The SMILES string of the molecule is CCC(=O)c1ccc(OCC(=O)N2CCN(c3ccc([N+](=O)[O-])cc3)CC2)cc1. The predicted octanol–water partition coefficient (Wildman–Crippen LogP) is 2.92. The molecule has 1 aliphatic rings. The van der Waals surface area contributed by atoms with Gasteiger partial charge in [-0.25, -0.2) is 0 Å². The molecule has 0 N–H and O–H groups in total. The smallest absolute Gasteiger partial charge is 0.269 e. The second-order valence-electron chi connectivity index (χ2n) is 6.73. The number of ether oxygens (including phenoxy) is 1. The Kier molecular flexibility index (Phi) is 6.43. The Bertz CT molecular complexity index is 872. The maximum atomic E-state index is 12.4. The number of hydrogen-bond donors (Lipinski definition) is 0. The Morgan fingerprint density at radius 3 is 2.17 bits per heavy atom. The molecule has 1 aliphatic heterocycles. The largest absolute Gasteiger partial charge is 0.484 e. The zero-order chi connectivity index (χ0) is 20.8. The van der Waals surface area contributed by atoms with Gasteiger partial charge in [0.25, 0.3) is 11.6 Å². The van der Waals surface area contributed by atoms with Gasteiger partial charge in [-0.15, -0.1) is 0 Å². The molecule has 1 amide bonds. The third-order valence-corrected chi connectivity index (χ3v) is 4.92. The molecule has 2 aromatic carbocycles. The number of amides is 1. The van der Waals surface area contributed by atoms with Crippen LogP contribution < -0.4 is 9.64 Å². The topological polar surface area (TPSA) is 93.0 Å². The standard InChI is InChI=1S/C21H23N3O5/c1-2-20(25)16-3-9-19(10-4-16)29-15-21(26)23-13-11-22(12-14-23)17-5-7-18(8-6-17)24(27)28/h3-10H,2,11-15H2,1H3. The normalized spacial score (nSPS) is 13.8. The number of rotatable bonds is 7. The highest BCUT2D eigenvalue weighted by Crippen LogP contribution is 2.21. The Labute approximate surface area is 168 Å². The van der Waals surface area contributed by atoms with Crippen molar-refractivity contribution in [2.24, 2.45) is 0 Å². The molecule has 152 valence electrons. The summed E-state index contributed by atoms with van der Waals surface area (Å²) in [6.45, 7) is 4.17. The van der Waals surface area contributed by atoms with Crippen LogP contribution in [-0.4, -0.2) is 54.3 Å². The summed E-state index contributed by atoms with van der Waals surface area (Å²) in [5, 5.41) is 10.8. The first-order valence-electron chi connectivity index (χ1n) is 9.51. The molecule has 0 aromatic heterocycles. The van der Waals surface area contributed by atoms with Gasteiger partial charge in [0.2, 0.25) is 0 Å². The molecule has 8 nitrogen and oxygen atoms in total. The second-order valence-corrected chi connectivity index (χ2v) is 6.73. The Morgan fingerprint density at radius 2 is 1.62 bits per heavy atom. The summed E-state index contributed by atoms with van der Waals surface area (Å²) < 4.78 is 5.56. The van der Waals surface area contributed by atoms with Crippen molar-refractivity contribution < 1.29 is 19.2 Å². The van der Waals surface area contributed by atoms with Gasteiger partial charge in [-0.05, 0) is 36.4 Å². The highest BCUT2D eigenvalue weighted by Gasteiger charge is 2.22. The fraction of sp³-hybridized carbons (Fsp3) is 0.333. The molecule has 1 saturated heterocycles.